The highest BCUT2D eigenvalue weighted by Crippen LogP contribution is 2.32. The molecule has 0 bridgehead atoms. The molecule has 0 atom stereocenters. The minimum Gasteiger partial charge on any atom is -0.365 e. The van der Waals surface area contributed by atoms with Gasteiger partial charge in [-0.05, 0) is 28.1 Å². The molecular weight excluding hydrogens is 255 g/mol. The van der Waals surface area contributed by atoms with Gasteiger partial charge in [0, 0.05) is 11.5 Å². The third-order valence-electron chi connectivity index (χ3n) is 1.66. The van der Waals surface area contributed by atoms with Crippen LogP contribution in [-0.4, -0.2) is 12.0 Å². The molecule has 0 saturated carbocycles. The molecule has 0 aliphatic rings. The fourth-order valence-electron chi connectivity index (χ4n) is 1.05. The minimum absolute atomic E-state index is 0.225. The number of halogens is 2. The Labute approximate surface area is 86.9 Å². The Balaban J connectivity index is 2.80. The molecule has 0 aliphatic carbocycles. The first kappa shape index (κ1) is 8.90. The Morgan fingerprint density at radius 3 is 2.92 bits per heavy atom. The average Bonchev–Trinajstić information content (AvgIpc) is 2.56. The van der Waals surface area contributed by atoms with Crippen molar-refractivity contribution in [2.45, 2.75) is 0 Å². The summed E-state index contributed by atoms with van der Waals surface area (Å²) in [6, 6.07) is 3.10. The summed E-state index contributed by atoms with van der Waals surface area (Å²) in [5, 5.41) is 3.61. The topological polar surface area (TPSA) is 24.9 Å². The molecule has 68 valence electrons. The molecule has 5 heteroatoms. The van der Waals surface area contributed by atoms with Gasteiger partial charge in [-0.1, -0.05) is 11.3 Å². The fraction of sp³-hybridized carbons (Fsp3) is 0.125. The van der Waals surface area contributed by atoms with Crippen LogP contribution in [0.1, 0.15) is 0 Å². The Hall–Kier alpha value is -0.680. The summed E-state index contributed by atoms with van der Waals surface area (Å²) in [7, 11) is 1.77. The van der Waals surface area contributed by atoms with E-state index in [-0.39, 0.29) is 5.82 Å². The smallest absolute Gasteiger partial charge is 0.183 e. The maximum atomic E-state index is 13.2. The van der Waals surface area contributed by atoms with E-state index in [0.717, 1.165) is 9.60 Å². The van der Waals surface area contributed by atoms with Crippen LogP contribution in [0.4, 0.5) is 9.52 Å². The zero-order valence-electron chi connectivity index (χ0n) is 6.77. The fourth-order valence-corrected chi connectivity index (χ4v) is 2.45. The Morgan fingerprint density at radius 2 is 2.31 bits per heavy atom. The molecule has 1 aromatic carbocycles. The van der Waals surface area contributed by atoms with Crippen molar-refractivity contribution in [1.82, 2.24) is 4.98 Å². The first-order valence-electron chi connectivity index (χ1n) is 3.64. The number of fused-ring (bicyclic) bond motifs is 1. The lowest BCUT2D eigenvalue weighted by Gasteiger charge is -1.91. The molecule has 1 heterocycles. The van der Waals surface area contributed by atoms with Crippen LogP contribution in [0, 0.1) is 5.82 Å². The molecule has 0 fully saturated rings. The van der Waals surface area contributed by atoms with Crippen molar-refractivity contribution < 1.29 is 4.39 Å². The quantitative estimate of drug-likeness (QED) is 0.852. The molecule has 0 radical (unpaired) electrons. The average molecular weight is 261 g/mol. The van der Waals surface area contributed by atoms with Gasteiger partial charge in [0.15, 0.2) is 5.13 Å². The van der Waals surface area contributed by atoms with Crippen LogP contribution in [-0.2, 0) is 0 Å². The van der Waals surface area contributed by atoms with Gasteiger partial charge in [-0.25, -0.2) is 9.37 Å². The normalized spacial score (nSPS) is 10.7. The number of benzene rings is 1. The van der Waals surface area contributed by atoms with Gasteiger partial charge in [0.05, 0.1) is 4.70 Å². The number of aromatic nitrogens is 1. The number of nitrogens with zero attached hydrogens (tertiary/aromatic N) is 1. The summed E-state index contributed by atoms with van der Waals surface area (Å²) in [5.74, 6) is -0.225. The highest BCUT2D eigenvalue weighted by atomic mass is 79.9. The summed E-state index contributed by atoms with van der Waals surface area (Å²) in [6.45, 7) is 0. The van der Waals surface area contributed by atoms with Crippen molar-refractivity contribution in [3.8, 4) is 0 Å². The van der Waals surface area contributed by atoms with E-state index >= 15 is 0 Å². The van der Waals surface area contributed by atoms with Crippen LogP contribution < -0.4 is 5.32 Å². The minimum atomic E-state index is -0.225. The second-order valence-electron chi connectivity index (χ2n) is 2.48. The molecule has 1 N–H and O–H groups in total. The zero-order chi connectivity index (χ0) is 9.42. The Kier molecular flexibility index (Phi) is 2.21. The predicted molar refractivity (Wildman–Crippen MR) is 56.8 cm³/mol. The molecule has 13 heavy (non-hydrogen) atoms. The number of thiazole rings is 1. The molecule has 2 nitrogen and oxygen atoms in total. The van der Waals surface area contributed by atoms with Gasteiger partial charge in [0.2, 0.25) is 0 Å². The van der Waals surface area contributed by atoms with Crippen molar-refractivity contribution >= 4 is 42.6 Å². The Morgan fingerprint density at radius 1 is 1.54 bits per heavy atom. The lowest BCUT2D eigenvalue weighted by molar-refractivity contribution is 0.641. The maximum absolute atomic E-state index is 13.2. The zero-order valence-corrected chi connectivity index (χ0v) is 9.17. The van der Waals surface area contributed by atoms with Crippen LogP contribution >= 0.6 is 27.3 Å². The standard InChI is InChI=1S/C8H6BrFN2S/c1-11-8-12-6-4(9)2-3-5(10)7(6)13-8/h2-3H,1H3,(H,11,12). The van der Waals surface area contributed by atoms with Crippen molar-refractivity contribution in [3.63, 3.8) is 0 Å². The van der Waals surface area contributed by atoms with Gasteiger partial charge in [-0.2, -0.15) is 0 Å². The number of hydrogen-bond acceptors (Lipinski definition) is 3. The van der Waals surface area contributed by atoms with E-state index in [1.54, 1.807) is 13.1 Å². The molecule has 2 aromatic rings. The molecule has 0 aliphatic heterocycles. The molecule has 0 amide bonds. The van der Waals surface area contributed by atoms with Crippen LogP contribution in [0.2, 0.25) is 0 Å². The number of rotatable bonds is 1. The van der Waals surface area contributed by atoms with E-state index < -0.39 is 0 Å². The first-order valence-corrected chi connectivity index (χ1v) is 5.25. The van der Waals surface area contributed by atoms with Crippen LogP contribution in [0.3, 0.4) is 0 Å². The molecule has 1 aromatic heterocycles. The highest BCUT2D eigenvalue weighted by Gasteiger charge is 2.09. The number of anilines is 1. The summed E-state index contributed by atoms with van der Waals surface area (Å²) in [6.07, 6.45) is 0. The molecule has 0 spiro atoms. The number of nitrogens with one attached hydrogen (secondary N) is 1. The summed E-state index contributed by atoms with van der Waals surface area (Å²) >= 11 is 4.63. The third-order valence-corrected chi connectivity index (χ3v) is 3.38. The van der Waals surface area contributed by atoms with E-state index in [1.165, 1.54) is 17.4 Å². The summed E-state index contributed by atoms with van der Waals surface area (Å²) < 4.78 is 14.6. The number of hydrogen-bond donors (Lipinski definition) is 1. The van der Waals surface area contributed by atoms with Crippen LogP contribution in [0.25, 0.3) is 10.2 Å². The van der Waals surface area contributed by atoms with Crippen LogP contribution in [0.5, 0.6) is 0 Å². The van der Waals surface area contributed by atoms with E-state index in [1.807, 2.05) is 0 Å². The molecular formula is C8H6BrFN2S. The Bertz CT molecular complexity index is 416. The second-order valence-corrected chi connectivity index (χ2v) is 4.33. The SMILES string of the molecule is CNc1nc2c(Br)ccc(F)c2s1. The van der Waals surface area contributed by atoms with E-state index in [0.29, 0.717) is 10.2 Å². The van der Waals surface area contributed by atoms with Gasteiger partial charge >= 0.3 is 0 Å². The van der Waals surface area contributed by atoms with Gasteiger partial charge in [-0.3, -0.25) is 0 Å². The van der Waals surface area contributed by atoms with Crippen LogP contribution in [0.15, 0.2) is 16.6 Å². The van der Waals surface area contributed by atoms with E-state index in [9.17, 15) is 4.39 Å². The van der Waals surface area contributed by atoms with Crippen molar-refractivity contribution in [1.29, 1.82) is 0 Å². The lowest BCUT2D eigenvalue weighted by Crippen LogP contribution is -1.84. The highest BCUT2D eigenvalue weighted by molar-refractivity contribution is 9.10. The summed E-state index contributed by atoms with van der Waals surface area (Å²) in [5.41, 5.74) is 0.675. The molecule has 0 unspecified atom stereocenters. The van der Waals surface area contributed by atoms with E-state index in [2.05, 4.69) is 26.2 Å². The van der Waals surface area contributed by atoms with Gasteiger partial charge in [0.1, 0.15) is 11.3 Å². The van der Waals surface area contributed by atoms with Crippen molar-refractivity contribution in [3.05, 3.63) is 22.4 Å². The van der Waals surface area contributed by atoms with Gasteiger partial charge < -0.3 is 5.32 Å². The predicted octanol–water partition coefficient (Wildman–Crippen LogP) is 3.24. The maximum Gasteiger partial charge on any atom is 0.183 e. The lowest BCUT2D eigenvalue weighted by atomic mass is 10.3. The molecule has 0 saturated heterocycles. The summed E-state index contributed by atoms with van der Waals surface area (Å²) in [4.78, 5) is 4.21. The van der Waals surface area contributed by atoms with Gasteiger partial charge in [-0.15, -0.1) is 0 Å². The van der Waals surface area contributed by atoms with E-state index in [4.69, 9.17) is 0 Å². The third kappa shape index (κ3) is 1.42. The van der Waals surface area contributed by atoms with Crippen molar-refractivity contribution in [2.75, 3.05) is 12.4 Å². The largest absolute Gasteiger partial charge is 0.365 e. The van der Waals surface area contributed by atoms with Crippen molar-refractivity contribution in [2.24, 2.45) is 0 Å². The monoisotopic (exact) mass is 260 g/mol. The molecule has 2 rings (SSSR count). The second kappa shape index (κ2) is 3.23. The first-order chi connectivity index (χ1) is 6.22. The van der Waals surface area contributed by atoms with Gasteiger partial charge in [0.25, 0.3) is 0 Å².